The molecule has 2 aromatic carbocycles. The van der Waals surface area contributed by atoms with Gasteiger partial charge in [-0.15, -0.1) is 0 Å². The molecule has 0 amide bonds. The zero-order valence-corrected chi connectivity index (χ0v) is 13.4. The number of hydrogen-bond acceptors (Lipinski definition) is 4. The van der Waals surface area contributed by atoms with Crippen LogP contribution in [0.5, 0.6) is 5.75 Å². The van der Waals surface area contributed by atoms with E-state index in [0.717, 1.165) is 4.47 Å². The van der Waals surface area contributed by atoms with E-state index < -0.39 is 10.0 Å². The number of ether oxygens (including phenoxy) is 1. The summed E-state index contributed by atoms with van der Waals surface area (Å²) in [6.07, 6.45) is 0. The van der Waals surface area contributed by atoms with Crippen molar-refractivity contribution >= 4 is 31.6 Å². The summed E-state index contributed by atoms with van der Waals surface area (Å²) < 4.78 is 32.8. The fourth-order valence-corrected chi connectivity index (χ4v) is 3.10. The van der Waals surface area contributed by atoms with Gasteiger partial charge in [0, 0.05) is 6.07 Å². The highest BCUT2D eigenvalue weighted by Crippen LogP contribution is 2.29. The molecule has 0 atom stereocenters. The van der Waals surface area contributed by atoms with Crippen LogP contribution in [0.3, 0.4) is 0 Å². The molecule has 0 fully saturated rings. The minimum absolute atomic E-state index is 0.0865. The number of nitrogens with zero attached hydrogens (tertiary/aromatic N) is 1. The highest BCUT2D eigenvalue weighted by Gasteiger charge is 2.15. The van der Waals surface area contributed by atoms with Crippen molar-refractivity contribution in [1.82, 2.24) is 0 Å². The summed E-state index contributed by atoms with van der Waals surface area (Å²) in [5, 5.41) is 8.72. The van der Waals surface area contributed by atoms with Gasteiger partial charge in [0.05, 0.1) is 33.8 Å². The SMILES string of the molecule is COc1cc(NS(=O)(=O)c2ccc(C#N)cc2)ccc1Br. The molecule has 0 aromatic heterocycles. The van der Waals surface area contributed by atoms with E-state index in [-0.39, 0.29) is 4.90 Å². The zero-order valence-electron chi connectivity index (χ0n) is 11.0. The Balaban J connectivity index is 2.30. The molecule has 7 heteroatoms. The number of nitriles is 1. The third kappa shape index (κ3) is 3.54. The highest BCUT2D eigenvalue weighted by molar-refractivity contribution is 9.10. The molecule has 5 nitrogen and oxygen atoms in total. The number of methoxy groups -OCH3 is 1. The fourth-order valence-electron chi connectivity index (χ4n) is 1.65. The number of hydrogen-bond donors (Lipinski definition) is 1. The Kier molecular flexibility index (Phi) is 4.50. The maximum absolute atomic E-state index is 12.2. The largest absolute Gasteiger partial charge is 0.495 e. The molecule has 0 saturated heterocycles. The average molecular weight is 367 g/mol. The van der Waals surface area contributed by atoms with Crippen LogP contribution in [0.2, 0.25) is 0 Å². The molecule has 0 heterocycles. The summed E-state index contributed by atoms with van der Waals surface area (Å²) in [6, 6.07) is 12.5. The Hall–Kier alpha value is -2.04. The Morgan fingerprint density at radius 1 is 1.19 bits per heavy atom. The van der Waals surface area contributed by atoms with Gasteiger partial charge in [-0.25, -0.2) is 8.42 Å². The number of anilines is 1. The van der Waals surface area contributed by atoms with E-state index in [4.69, 9.17) is 10.00 Å². The number of halogens is 1. The Morgan fingerprint density at radius 2 is 1.86 bits per heavy atom. The molecule has 0 radical (unpaired) electrons. The van der Waals surface area contributed by atoms with E-state index in [1.165, 1.54) is 31.4 Å². The molecule has 0 bridgehead atoms. The highest BCUT2D eigenvalue weighted by atomic mass is 79.9. The molecule has 0 aliphatic heterocycles. The second-order valence-corrected chi connectivity index (χ2v) is 6.63. The molecule has 2 aromatic rings. The van der Waals surface area contributed by atoms with Gasteiger partial charge in [0.25, 0.3) is 10.0 Å². The molecule has 108 valence electrons. The van der Waals surface area contributed by atoms with E-state index in [2.05, 4.69) is 20.7 Å². The summed E-state index contributed by atoms with van der Waals surface area (Å²) in [5.41, 5.74) is 0.790. The third-order valence-electron chi connectivity index (χ3n) is 2.70. The number of benzene rings is 2. The Morgan fingerprint density at radius 3 is 2.43 bits per heavy atom. The molecule has 0 unspecified atom stereocenters. The van der Waals surface area contributed by atoms with Gasteiger partial charge in [-0.2, -0.15) is 5.26 Å². The van der Waals surface area contributed by atoms with Gasteiger partial charge in [0.15, 0.2) is 0 Å². The second-order valence-electron chi connectivity index (χ2n) is 4.09. The number of sulfonamides is 1. The minimum Gasteiger partial charge on any atom is -0.495 e. The van der Waals surface area contributed by atoms with Crippen LogP contribution in [-0.4, -0.2) is 15.5 Å². The van der Waals surface area contributed by atoms with Gasteiger partial charge < -0.3 is 4.74 Å². The number of rotatable bonds is 4. The summed E-state index contributed by atoms with van der Waals surface area (Å²) >= 11 is 3.30. The molecule has 2 rings (SSSR count). The van der Waals surface area contributed by atoms with Gasteiger partial charge in [-0.1, -0.05) is 0 Å². The lowest BCUT2D eigenvalue weighted by Gasteiger charge is -2.10. The van der Waals surface area contributed by atoms with Crippen molar-refractivity contribution in [3.63, 3.8) is 0 Å². The summed E-state index contributed by atoms with van der Waals surface area (Å²) in [4.78, 5) is 0.0865. The monoisotopic (exact) mass is 366 g/mol. The van der Waals surface area contributed by atoms with Crippen LogP contribution in [-0.2, 0) is 10.0 Å². The lowest BCUT2D eigenvalue weighted by molar-refractivity contribution is 0.412. The first-order chi connectivity index (χ1) is 9.96. The maximum Gasteiger partial charge on any atom is 0.261 e. The summed E-state index contributed by atoms with van der Waals surface area (Å²) in [6.45, 7) is 0. The van der Waals surface area contributed by atoms with E-state index in [9.17, 15) is 8.42 Å². The smallest absolute Gasteiger partial charge is 0.261 e. The predicted octanol–water partition coefficient (Wildman–Crippen LogP) is 3.13. The van der Waals surface area contributed by atoms with Crippen molar-refractivity contribution in [2.45, 2.75) is 4.90 Å². The zero-order chi connectivity index (χ0) is 15.5. The van der Waals surface area contributed by atoms with Crippen molar-refractivity contribution in [3.8, 4) is 11.8 Å². The minimum atomic E-state index is -3.71. The van der Waals surface area contributed by atoms with Crippen LogP contribution in [0.15, 0.2) is 51.8 Å². The first kappa shape index (κ1) is 15.4. The molecular weight excluding hydrogens is 356 g/mol. The predicted molar refractivity (Wildman–Crippen MR) is 82.7 cm³/mol. The molecule has 21 heavy (non-hydrogen) atoms. The van der Waals surface area contributed by atoms with E-state index >= 15 is 0 Å². The molecule has 0 saturated carbocycles. The van der Waals surface area contributed by atoms with Crippen LogP contribution in [0.25, 0.3) is 0 Å². The van der Waals surface area contributed by atoms with Crippen molar-refractivity contribution in [2.75, 3.05) is 11.8 Å². The van der Waals surface area contributed by atoms with Crippen LogP contribution in [0.1, 0.15) is 5.56 Å². The Labute approximate surface area is 131 Å². The van der Waals surface area contributed by atoms with Crippen molar-refractivity contribution in [1.29, 1.82) is 5.26 Å². The summed E-state index contributed by atoms with van der Waals surface area (Å²) in [5.74, 6) is 0.523. The second kappa shape index (κ2) is 6.16. The van der Waals surface area contributed by atoms with E-state index in [0.29, 0.717) is 17.0 Å². The van der Waals surface area contributed by atoms with Crippen LogP contribution in [0.4, 0.5) is 5.69 Å². The first-order valence-corrected chi connectivity index (χ1v) is 8.10. The van der Waals surface area contributed by atoms with E-state index in [1.807, 2.05) is 6.07 Å². The lowest BCUT2D eigenvalue weighted by Crippen LogP contribution is -2.12. The standard InChI is InChI=1S/C14H11BrN2O3S/c1-20-14-8-11(4-7-13(14)15)17-21(18,19)12-5-2-10(9-16)3-6-12/h2-8,17H,1H3. The normalized spacial score (nSPS) is 10.7. The van der Waals surface area contributed by atoms with Crippen molar-refractivity contribution in [2.24, 2.45) is 0 Å². The quantitative estimate of drug-likeness (QED) is 0.901. The van der Waals surface area contributed by atoms with Gasteiger partial charge in [0.2, 0.25) is 0 Å². The first-order valence-electron chi connectivity index (χ1n) is 5.83. The molecule has 0 aliphatic rings. The van der Waals surface area contributed by atoms with Crippen LogP contribution >= 0.6 is 15.9 Å². The van der Waals surface area contributed by atoms with Gasteiger partial charge in [-0.3, -0.25) is 4.72 Å². The average Bonchev–Trinajstić information content (AvgIpc) is 2.49. The maximum atomic E-state index is 12.2. The van der Waals surface area contributed by atoms with Crippen LogP contribution in [0, 0.1) is 11.3 Å². The van der Waals surface area contributed by atoms with Gasteiger partial charge in [0.1, 0.15) is 5.75 Å². The van der Waals surface area contributed by atoms with E-state index in [1.54, 1.807) is 18.2 Å². The topological polar surface area (TPSA) is 79.2 Å². The number of nitrogens with one attached hydrogen (secondary N) is 1. The van der Waals surface area contributed by atoms with Crippen molar-refractivity contribution in [3.05, 3.63) is 52.5 Å². The fraction of sp³-hybridized carbons (Fsp3) is 0.0714. The Bertz CT molecular complexity index is 796. The third-order valence-corrected chi connectivity index (χ3v) is 4.75. The lowest BCUT2D eigenvalue weighted by atomic mass is 10.2. The molecular formula is C14H11BrN2O3S. The van der Waals surface area contributed by atoms with Gasteiger partial charge >= 0.3 is 0 Å². The van der Waals surface area contributed by atoms with Gasteiger partial charge in [-0.05, 0) is 52.3 Å². The molecule has 0 spiro atoms. The molecule has 1 N–H and O–H groups in total. The van der Waals surface area contributed by atoms with Crippen molar-refractivity contribution < 1.29 is 13.2 Å². The molecule has 0 aliphatic carbocycles. The summed E-state index contributed by atoms with van der Waals surface area (Å²) in [7, 11) is -2.21. The van der Waals surface area contributed by atoms with Crippen LogP contribution < -0.4 is 9.46 Å².